The summed E-state index contributed by atoms with van der Waals surface area (Å²) in [5, 5.41) is 0.366. The van der Waals surface area contributed by atoms with Gasteiger partial charge in [-0.05, 0) is 12.0 Å². The van der Waals surface area contributed by atoms with Crippen LogP contribution in [0.3, 0.4) is 0 Å². The Morgan fingerprint density at radius 3 is 2.53 bits per heavy atom. The average molecular weight is 220 g/mol. The number of nitrogens with zero attached hydrogens (tertiary/aromatic N) is 1. The number of nitrogens with two attached hydrogens (primary N) is 1. The summed E-state index contributed by atoms with van der Waals surface area (Å²) >= 11 is 1.35. The monoisotopic (exact) mass is 220 g/mol. The van der Waals surface area contributed by atoms with Gasteiger partial charge in [-0.25, -0.2) is 0 Å². The lowest BCUT2D eigenvalue weighted by Gasteiger charge is -2.23. The van der Waals surface area contributed by atoms with E-state index >= 15 is 0 Å². The fraction of sp³-hybridized carbons (Fsp3) is 0.273. The van der Waals surface area contributed by atoms with Crippen LogP contribution in [-0.2, 0) is 9.54 Å². The molecular weight excluding hydrogens is 208 g/mol. The molecule has 3 nitrogen and oxygen atoms in total. The molecule has 2 rings (SSSR count). The number of thioether (sulfide) groups is 1. The predicted molar refractivity (Wildman–Crippen MR) is 62.6 cm³/mol. The highest BCUT2D eigenvalue weighted by Gasteiger charge is 2.44. The molecule has 1 amide bonds. The Hall–Kier alpha value is -1.29. The van der Waals surface area contributed by atoms with E-state index in [2.05, 4.69) is 4.99 Å². The summed E-state index contributed by atoms with van der Waals surface area (Å²) in [5.74, 6) is -0.140. The molecule has 0 spiro atoms. The lowest BCUT2D eigenvalue weighted by molar-refractivity contribution is -0.120. The van der Waals surface area contributed by atoms with Crippen molar-refractivity contribution in [3.63, 3.8) is 0 Å². The fourth-order valence-electron chi connectivity index (χ4n) is 1.75. The molecule has 0 aromatic heterocycles. The molecule has 0 aliphatic carbocycles. The van der Waals surface area contributed by atoms with E-state index in [1.54, 1.807) is 0 Å². The third-order valence-electron chi connectivity index (χ3n) is 2.57. The zero-order valence-corrected chi connectivity index (χ0v) is 9.25. The summed E-state index contributed by atoms with van der Waals surface area (Å²) in [6.45, 7) is 1.98. The standard InChI is InChI=1S/C11H12N2OS/c1-2-11(8-6-4-3-5-7-8)9(14)13-10(12)15-11/h3-7H,2H2,1H3,(H2,12,13,14)/t11-/m1/s1. The minimum absolute atomic E-state index is 0.140. The number of carbonyl (C=O) groups excluding carboxylic acids is 1. The van der Waals surface area contributed by atoms with Crippen LogP contribution >= 0.6 is 11.8 Å². The van der Waals surface area contributed by atoms with Crippen molar-refractivity contribution >= 4 is 22.8 Å². The zero-order chi connectivity index (χ0) is 10.9. The number of carbonyl (C=O) groups is 1. The minimum Gasteiger partial charge on any atom is -0.378 e. The van der Waals surface area contributed by atoms with Gasteiger partial charge in [-0.15, -0.1) is 0 Å². The quantitative estimate of drug-likeness (QED) is 0.828. The Labute approximate surface area is 92.8 Å². The lowest BCUT2D eigenvalue weighted by atomic mass is 9.95. The minimum atomic E-state index is -0.592. The van der Waals surface area contributed by atoms with Gasteiger partial charge in [0, 0.05) is 0 Å². The van der Waals surface area contributed by atoms with Gasteiger partial charge in [-0.2, -0.15) is 4.99 Å². The summed E-state index contributed by atoms with van der Waals surface area (Å²) in [6, 6.07) is 9.68. The van der Waals surface area contributed by atoms with Gasteiger partial charge in [0.1, 0.15) is 4.75 Å². The van der Waals surface area contributed by atoms with E-state index in [0.29, 0.717) is 11.6 Å². The summed E-state index contributed by atoms with van der Waals surface area (Å²) in [4.78, 5) is 15.7. The first-order valence-electron chi connectivity index (χ1n) is 4.82. The number of benzene rings is 1. The van der Waals surface area contributed by atoms with E-state index in [0.717, 1.165) is 5.56 Å². The van der Waals surface area contributed by atoms with Crippen LogP contribution in [0, 0.1) is 0 Å². The molecule has 0 saturated carbocycles. The Morgan fingerprint density at radius 1 is 1.40 bits per heavy atom. The maximum atomic E-state index is 11.8. The van der Waals surface area contributed by atoms with Crippen LogP contribution in [0.4, 0.5) is 0 Å². The van der Waals surface area contributed by atoms with Gasteiger partial charge in [0.15, 0.2) is 5.17 Å². The van der Waals surface area contributed by atoms with Gasteiger partial charge in [-0.1, -0.05) is 49.0 Å². The van der Waals surface area contributed by atoms with Gasteiger partial charge >= 0.3 is 0 Å². The van der Waals surface area contributed by atoms with Crippen molar-refractivity contribution in [2.45, 2.75) is 18.1 Å². The number of amidine groups is 1. The molecule has 15 heavy (non-hydrogen) atoms. The molecule has 1 aliphatic heterocycles. The first-order chi connectivity index (χ1) is 7.19. The molecule has 78 valence electrons. The largest absolute Gasteiger partial charge is 0.378 e. The average Bonchev–Trinajstić information content (AvgIpc) is 2.56. The normalized spacial score (nSPS) is 25.4. The number of aliphatic imine (C=N–C) groups is 1. The van der Waals surface area contributed by atoms with E-state index in [4.69, 9.17) is 5.73 Å². The number of hydrogen-bond donors (Lipinski definition) is 1. The molecule has 1 atom stereocenters. The molecule has 0 unspecified atom stereocenters. The molecule has 4 heteroatoms. The van der Waals surface area contributed by atoms with Crippen molar-refractivity contribution in [3.05, 3.63) is 35.9 Å². The summed E-state index contributed by atoms with van der Waals surface area (Å²) in [6.07, 6.45) is 0.699. The highest BCUT2D eigenvalue weighted by atomic mass is 32.2. The third kappa shape index (κ3) is 1.55. The van der Waals surface area contributed by atoms with Crippen molar-refractivity contribution in [3.8, 4) is 0 Å². The molecule has 1 heterocycles. The van der Waals surface area contributed by atoms with Crippen molar-refractivity contribution in [2.24, 2.45) is 10.7 Å². The third-order valence-corrected chi connectivity index (χ3v) is 3.92. The molecule has 0 fully saturated rings. The maximum Gasteiger partial charge on any atom is 0.269 e. The van der Waals surface area contributed by atoms with Crippen LogP contribution in [-0.4, -0.2) is 11.1 Å². The van der Waals surface area contributed by atoms with Crippen LogP contribution in [0.15, 0.2) is 35.3 Å². The highest BCUT2D eigenvalue weighted by molar-refractivity contribution is 8.15. The Kier molecular flexibility index (Phi) is 2.52. The van der Waals surface area contributed by atoms with E-state index in [1.165, 1.54) is 11.8 Å². The van der Waals surface area contributed by atoms with E-state index in [9.17, 15) is 4.79 Å². The maximum absolute atomic E-state index is 11.8. The van der Waals surface area contributed by atoms with Crippen molar-refractivity contribution in [1.82, 2.24) is 0 Å². The number of rotatable bonds is 2. The molecule has 2 N–H and O–H groups in total. The van der Waals surface area contributed by atoms with Crippen LogP contribution in [0.25, 0.3) is 0 Å². The Morgan fingerprint density at radius 2 is 2.07 bits per heavy atom. The van der Waals surface area contributed by atoms with Crippen molar-refractivity contribution in [2.75, 3.05) is 0 Å². The first kappa shape index (κ1) is 10.2. The van der Waals surface area contributed by atoms with Gasteiger partial charge in [-0.3, -0.25) is 4.79 Å². The second kappa shape index (κ2) is 3.70. The Bertz CT molecular complexity index is 416. The lowest BCUT2D eigenvalue weighted by Crippen LogP contribution is -2.27. The molecule has 0 saturated heterocycles. The van der Waals surface area contributed by atoms with Crippen LogP contribution in [0.2, 0.25) is 0 Å². The second-order valence-corrected chi connectivity index (χ2v) is 4.72. The summed E-state index contributed by atoms with van der Waals surface area (Å²) in [7, 11) is 0. The molecule has 1 aromatic rings. The molecule has 1 aliphatic rings. The fourth-order valence-corrected chi connectivity index (χ4v) is 2.77. The second-order valence-electron chi connectivity index (χ2n) is 3.40. The van der Waals surface area contributed by atoms with Crippen LogP contribution in [0.1, 0.15) is 18.9 Å². The highest BCUT2D eigenvalue weighted by Crippen LogP contribution is 2.44. The zero-order valence-electron chi connectivity index (χ0n) is 8.43. The van der Waals surface area contributed by atoms with Crippen molar-refractivity contribution in [1.29, 1.82) is 0 Å². The van der Waals surface area contributed by atoms with Crippen LogP contribution in [0.5, 0.6) is 0 Å². The predicted octanol–water partition coefficient (Wildman–Crippen LogP) is 1.88. The van der Waals surface area contributed by atoms with Crippen molar-refractivity contribution < 1.29 is 4.79 Å². The van der Waals surface area contributed by atoms with Crippen LogP contribution < -0.4 is 5.73 Å². The SMILES string of the molecule is CC[C@]1(c2ccccc2)SC(N)=NC1=O. The molecule has 1 aromatic carbocycles. The van der Waals surface area contributed by atoms with E-state index in [-0.39, 0.29) is 5.91 Å². The first-order valence-corrected chi connectivity index (χ1v) is 5.64. The summed E-state index contributed by atoms with van der Waals surface area (Å²) in [5.41, 5.74) is 6.58. The molecular formula is C11H12N2OS. The van der Waals surface area contributed by atoms with Gasteiger partial charge in [0.05, 0.1) is 0 Å². The Balaban J connectivity index is 2.45. The van der Waals surface area contributed by atoms with Gasteiger partial charge in [0.25, 0.3) is 5.91 Å². The number of hydrogen-bond acceptors (Lipinski definition) is 3. The smallest absolute Gasteiger partial charge is 0.269 e. The topological polar surface area (TPSA) is 55.4 Å². The van der Waals surface area contributed by atoms with Gasteiger partial charge < -0.3 is 5.73 Å². The number of amides is 1. The van der Waals surface area contributed by atoms with E-state index in [1.807, 2.05) is 37.3 Å². The van der Waals surface area contributed by atoms with Gasteiger partial charge in [0.2, 0.25) is 0 Å². The molecule has 0 radical (unpaired) electrons. The molecule has 0 bridgehead atoms. The van der Waals surface area contributed by atoms with E-state index < -0.39 is 4.75 Å². The summed E-state index contributed by atoms with van der Waals surface area (Å²) < 4.78 is -0.592.